The van der Waals surface area contributed by atoms with Gasteiger partial charge in [-0.2, -0.15) is 4.99 Å². The van der Waals surface area contributed by atoms with Gasteiger partial charge in [0, 0.05) is 13.1 Å². The van der Waals surface area contributed by atoms with Crippen LogP contribution in [-0.4, -0.2) is 50.7 Å². The zero-order valence-electron chi connectivity index (χ0n) is 16.4. The molecule has 1 fully saturated rings. The first-order valence-electron chi connectivity index (χ1n) is 10.2. The Morgan fingerprint density at radius 3 is 2.43 bits per heavy atom. The number of aliphatic carboxylic acids is 1. The molecule has 2 unspecified atom stereocenters. The van der Waals surface area contributed by atoms with Crippen LogP contribution in [0.2, 0.25) is 0 Å². The fourth-order valence-corrected chi connectivity index (χ4v) is 4.64. The molecule has 30 heavy (non-hydrogen) atoms. The summed E-state index contributed by atoms with van der Waals surface area (Å²) in [5, 5.41) is 9.32. The lowest BCUT2D eigenvalue weighted by Crippen LogP contribution is -2.47. The zero-order chi connectivity index (χ0) is 20.7. The number of benzene rings is 2. The highest BCUT2D eigenvalue weighted by atomic mass is 16.4. The van der Waals surface area contributed by atoms with Gasteiger partial charge in [0.1, 0.15) is 12.1 Å². The number of carbonyl (C=O) groups is 2. The van der Waals surface area contributed by atoms with E-state index in [1.54, 1.807) is 0 Å². The van der Waals surface area contributed by atoms with Gasteiger partial charge >= 0.3 is 5.97 Å². The molecule has 2 aliphatic heterocycles. The number of hydrogen-bond acceptors (Lipinski definition) is 5. The number of rotatable bonds is 3. The molecular formula is C23H22N4O3. The summed E-state index contributed by atoms with van der Waals surface area (Å²) in [6.07, 6.45) is 2.07. The molecule has 5 rings (SSSR count). The van der Waals surface area contributed by atoms with Crippen LogP contribution in [0.3, 0.4) is 0 Å². The van der Waals surface area contributed by atoms with E-state index in [1.807, 2.05) is 54.6 Å². The maximum atomic E-state index is 12.4. The lowest BCUT2D eigenvalue weighted by atomic mass is 9.89. The molecule has 3 heterocycles. The van der Waals surface area contributed by atoms with Gasteiger partial charge in [0.2, 0.25) is 5.95 Å². The van der Waals surface area contributed by atoms with Crippen molar-refractivity contribution < 1.29 is 14.7 Å². The largest absolute Gasteiger partial charge is 0.481 e. The number of fused-ring (bicyclic) bond motifs is 3. The lowest BCUT2D eigenvalue weighted by molar-refractivity contribution is -0.143. The first kappa shape index (κ1) is 18.5. The summed E-state index contributed by atoms with van der Waals surface area (Å²) in [4.78, 5) is 35.4. The lowest BCUT2D eigenvalue weighted by Gasteiger charge is -2.39. The van der Waals surface area contributed by atoms with Crippen molar-refractivity contribution in [3.8, 4) is 0 Å². The number of amidine groups is 1. The molecule has 0 aliphatic carbocycles. The molecule has 0 saturated carbocycles. The smallest absolute Gasteiger partial charge is 0.306 e. The summed E-state index contributed by atoms with van der Waals surface area (Å²) < 4.78 is 2.05. The monoisotopic (exact) mass is 402 g/mol. The number of carbonyl (C=O) groups excluding carboxylic acids is 1. The molecular weight excluding hydrogens is 380 g/mol. The van der Waals surface area contributed by atoms with Crippen molar-refractivity contribution in [3.05, 3.63) is 60.2 Å². The molecule has 7 heteroatoms. The van der Waals surface area contributed by atoms with E-state index < -0.39 is 11.9 Å². The SMILES string of the molecule is O=CC1C(N2CCC(C(=O)O)CC2)=Nc2nc3ccccc3n2C1c1ccccc1. The van der Waals surface area contributed by atoms with E-state index in [0.29, 0.717) is 37.7 Å². The Hall–Kier alpha value is -3.48. The number of imidazole rings is 1. The average molecular weight is 402 g/mol. The van der Waals surface area contributed by atoms with E-state index >= 15 is 0 Å². The third-order valence-corrected chi connectivity index (χ3v) is 6.16. The van der Waals surface area contributed by atoms with Crippen LogP contribution in [0.25, 0.3) is 11.0 Å². The van der Waals surface area contributed by atoms with Gasteiger partial charge < -0.3 is 14.8 Å². The molecule has 2 atom stereocenters. The third-order valence-electron chi connectivity index (χ3n) is 6.16. The van der Waals surface area contributed by atoms with Crippen LogP contribution in [0.1, 0.15) is 24.4 Å². The maximum Gasteiger partial charge on any atom is 0.306 e. The Morgan fingerprint density at radius 1 is 1.03 bits per heavy atom. The van der Waals surface area contributed by atoms with Crippen LogP contribution >= 0.6 is 0 Å². The number of piperidine rings is 1. The number of carboxylic acid groups (broad SMARTS) is 1. The summed E-state index contributed by atoms with van der Waals surface area (Å²) in [6, 6.07) is 17.6. The van der Waals surface area contributed by atoms with Gasteiger partial charge in [-0.05, 0) is 30.5 Å². The first-order valence-corrected chi connectivity index (χ1v) is 10.2. The summed E-state index contributed by atoms with van der Waals surface area (Å²) in [6.45, 7) is 1.14. The van der Waals surface area contributed by atoms with E-state index in [0.717, 1.165) is 22.9 Å². The standard InChI is InChI=1S/C23H22N4O3/c28-14-17-20(15-6-2-1-3-7-15)27-19-9-5-4-8-18(19)24-23(27)25-21(17)26-12-10-16(11-13-26)22(29)30/h1-9,14,16-17,20H,10-13H2,(H,29,30). The predicted molar refractivity (Wildman–Crippen MR) is 113 cm³/mol. The fourth-order valence-electron chi connectivity index (χ4n) is 4.64. The molecule has 152 valence electrons. The van der Waals surface area contributed by atoms with Crippen LogP contribution in [0.4, 0.5) is 5.95 Å². The molecule has 0 spiro atoms. The van der Waals surface area contributed by atoms with Crippen molar-refractivity contribution in [2.75, 3.05) is 13.1 Å². The predicted octanol–water partition coefficient (Wildman–Crippen LogP) is 3.28. The molecule has 1 aromatic heterocycles. The highest BCUT2D eigenvalue weighted by molar-refractivity contribution is 6.00. The van der Waals surface area contributed by atoms with Gasteiger partial charge in [-0.25, -0.2) is 4.98 Å². The maximum absolute atomic E-state index is 12.4. The van der Waals surface area contributed by atoms with Gasteiger partial charge in [0.05, 0.1) is 28.9 Å². The number of aliphatic imine (C=N–C) groups is 1. The highest BCUT2D eigenvalue weighted by Crippen LogP contribution is 2.40. The van der Waals surface area contributed by atoms with Crippen molar-refractivity contribution in [2.24, 2.45) is 16.8 Å². The van der Waals surface area contributed by atoms with Crippen molar-refractivity contribution in [1.29, 1.82) is 0 Å². The molecule has 1 saturated heterocycles. The Balaban J connectivity index is 1.63. The van der Waals surface area contributed by atoms with E-state index in [4.69, 9.17) is 9.98 Å². The normalized spacial score (nSPS) is 21.9. The molecule has 2 aliphatic rings. The first-order chi connectivity index (χ1) is 14.7. The topological polar surface area (TPSA) is 87.8 Å². The Bertz CT molecular complexity index is 1130. The van der Waals surface area contributed by atoms with Gasteiger partial charge in [-0.3, -0.25) is 9.36 Å². The molecule has 7 nitrogen and oxygen atoms in total. The zero-order valence-corrected chi connectivity index (χ0v) is 16.4. The number of likely N-dealkylation sites (tertiary alicyclic amines) is 1. The van der Waals surface area contributed by atoms with Crippen molar-refractivity contribution >= 4 is 35.1 Å². The average Bonchev–Trinajstić information content (AvgIpc) is 3.16. The molecule has 0 radical (unpaired) electrons. The number of para-hydroxylation sites is 2. The Morgan fingerprint density at radius 2 is 1.73 bits per heavy atom. The van der Waals surface area contributed by atoms with Gasteiger partial charge in [-0.15, -0.1) is 0 Å². The summed E-state index contributed by atoms with van der Waals surface area (Å²) in [5.74, 6) is -0.298. The minimum absolute atomic E-state index is 0.254. The Labute approximate surface area is 173 Å². The Kier molecular flexibility index (Phi) is 4.58. The van der Waals surface area contributed by atoms with E-state index in [1.165, 1.54) is 0 Å². The summed E-state index contributed by atoms with van der Waals surface area (Å²) in [5.41, 5.74) is 2.81. The third kappa shape index (κ3) is 2.98. The number of nitrogens with zero attached hydrogens (tertiary/aromatic N) is 4. The van der Waals surface area contributed by atoms with E-state index in [2.05, 4.69) is 9.47 Å². The molecule has 2 aromatic carbocycles. The highest BCUT2D eigenvalue weighted by Gasteiger charge is 2.39. The van der Waals surface area contributed by atoms with Crippen LogP contribution in [0.15, 0.2) is 59.6 Å². The second kappa shape index (κ2) is 7.40. The minimum Gasteiger partial charge on any atom is -0.481 e. The van der Waals surface area contributed by atoms with Crippen molar-refractivity contribution in [3.63, 3.8) is 0 Å². The number of carboxylic acids is 1. The summed E-state index contributed by atoms with van der Waals surface area (Å²) >= 11 is 0. The molecule has 3 aromatic rings. The second-order valence-corrected chi connectivity index (χ2v) is 7.86. The van der Waals surface area contributed by atoms with Gasteiger partial charge in [0.25, 0.3) is 0 Å². The fraction of sp³-hybridized carbons (Fsp3) is 0.304. The van der Waals surface area contributed by atoms with E-state index in [-0.39, 0.29) is 12.0 Å². The molecule has 0 bridgehead atoms. The summed E-state index contributed by atoms with van der Waals surface area (Å²) in [7, 11) is 0. The van der Waals surface area contributed by atoms with E-state index in [9.17, 15) is 14.7 Å². The van der Waals surface area contributed by atoms with Crippen molar-refractivity contribution in [1.82, 2.24) is 14.5 Å². The van der Waals surface area contributed by atoms with Crippen LogP contribution in [0.5, 0.6) is 0 Å². The number of hydrogen-bond donors (Lipinski definition) is 1. The molecule has 1 N–H and O–H groups in total. The van der Waals surface area contributed by atoms with Gasteiger partial charge in [0.15, 0.2) is 0 Å². The van der Waals surface area contributed by atoms with Crippen molar-refractivity contribution in [2.45, 2.75) is 18.9 Å². The van der Waals surface area contributed by atoms with Crippen LogP contribution in [0, 0.1) is 11.8 Å². The molecule has 0 amide bonds. The number of aldehydes is 1. The quantitative estimate of drug-likeness (QED) is 0.680. The van der Waals surface area contributed by atoms with Crippen LogP contribution in [-0.2, 0) is 9.59 Å². The second-order valence-electron chi connectivity index (χ2n) is 7.86. The van der Waals surface area contributed by atoms with Crippen LogP contribution < -0.4 is 0 Å². The minimum atomic E-state index is -0.754. The number of aromatic nitrogens is 2. The van der Waals surface area contributed by atoms with Gasteiger partial charge in [-0.1, -0.05) is 42.5 Å².